The van der Waals surface area contributed by atoms with Gasteiger partial charge in [-0.15, -0.1) is 0 Å². The van der Waals surface area contributed by atoms with Crippen LogP contribution in [0.5, 0.6) is 0 Å². The molecule has 7 nitrogen and oxygen atoms in total. The van der Waals surface area contributed by atoms with Gasteiger partial charge in [0.2, 0.25) is 11.8 Å². The number of amides is 2. The van der Waals surface area contributed by atoms with Crippen molar-refractivity contribution in [2.45, 2.75) is 38.4 Å². The minimum Gasteiger partial charge on any atom is -0.357 e. The van der Waals surface area contributed by atoms with Gasteiger partial charge in [-0.25, -0.2) is 4.98 Å². The third kappa shape index (κ3) is 3.80. The molecule has 2 aliphatic rings. The van der Waals surface area contributed by atoms with E-state index in [0.29, 0.717) is 12.4 Å². The molecule has 0 saturated carbocycles. The van der Waals surface area contributed by atoms with E-state index in [1.54, 1.807) is 30.3 Å². The number of aromatic amines is 1. The highest BCUT2D eigenvalue weighted by atomic mass is 16.2. The van der Waals surface area contributed by atoms with E-state index in [4.69, 9.17) is 0 Å². The summed E-state index contributed by atoms with van der Waals surface area (Å²) in [6.07, 6.45) is 6.99. The van der Waals surface area contributed by atoms with Gasteiger partial charge in [0.1, 0.15) is 5.82 Å². The lowest BCUT2D eigenvalue weighted by Gasteiger charge is -2.22. The highest BCUT2D eigenvalue weighted by Crippen LogP contribution is 2.28. The second-order valence-electron chi connectivity index (χ2n) is 8.66. The van der Waals surface area contributed by atoms with Crippen molar-refractivity contribution in [2.75, 3.05) is 18.9 Å². The monoisotopic (exact) mass is 429 g/mol. The van der Waals surface area contributed by atoms with Crippen LogP contribution in [0, 0.1) is 0 Å². The molecule has 164 valence electrons. The third-order valence-corrected chi connectivity index (χ3v) is 6.62. The molecule has 0 bridgehead atoms. The lowest BCUT2D eigenvalue weighted by atomic mass is 10.1. The van der Waals surface area contributed by atoms with E-state index < -0.39 is 0 Å². The van der Waals surface area contributed by atoms with Crippen LogP contribution in [0.4, 0.5) is 5.82 Å². The van der Waals surface area contributed by atoms with Crippen LogP contribution < -0.4 is 5.32 Å². The van der Waals surface area contributed by atoms with E-state index in [1.165, 1.54) is 0 Å². The van der Waals surface area contributed by atoms with Crippen molar-refractivity contribution in [3.63, 3.8) is 0 Å². The van der Waals surface area contributed by atoms with Gasteiger partial charge in [0.15, 0.2) is 0 Å². The Kier molecular flexibility index (Phi) is 5.27. The molecule has 5 rings (SSSR count). The Hall–Kier alpha value is -3.45. The normalized spacial score (nSPS) is 19.4. The molecule has 0 aliphatic carbocycles. The van der Waals surface area contributed by atoms with E-state index in [2.05, 4.69) is 32.3 Å². The number of hydrogen-bond donors (Lipinski definition) is 2. The van der Waals surface area contributed by atoms with Gasteiger partial charge in [-0.1, -0.05) is 18.2 Å². The number of rotatable bonds is 4. The number of H-pyrrole nitrogens is 1. The molecule has 32 heavy (non-hydrogen) atoms. The number of anilines is 1. The second-order valence-corrected chi connectivity index (χ2v) is 8.66. The number of para-hydroxylation sites is 1. The zero-order valence-corrected chi connectivity index (χ0v) is 18.3. The smallest absolute Gasteiger partial charge is 0.246 e. The van der Waals surface area contributed by atoms with Crippen molar-refractivity contribution in [1.82, 2.24) is 19.8 Å². The minimum absolute atomic E-state index is 0.0276. The average Bonchev–Trinajstić information content (AvgIpc) is 3.42. The number of fused-ring (bicyclic) bond motifs is 3. The number of benzene rings is 1. The quantitative estimate of drug-likeness (QED) is 0.620. The molecule has 1 fully saturated rings. The van der Waals surface area contributed by atoms with E-state index in [9.17, 15) is 9.59 Å². The topological polar surface area (TPSA) is 81.3 Å². The number of hydrogen-bond acceptors (Lipinski definition) is 4. The van der Waals surface area contributed by atoms with Gasteiger partial charge < -0.3 is 15.2 Å². The van der Waals surface area contributed by atoms with Gasteiger partial charge in [-0.05, 0) is 61.5 Å². The van der Waals surface area contributed by atoms with Crippen LogP contribution in [0.2, 0.25) is 0 Å². The fourth-order valence-corrected chi connectivity index (χ4v) is 4.59. The molecular weight excluding hydrogens is 402 g/mol. The molecule has 2 aromatic heterocycles. The molecule has 1 aromatic carbocycles. The first-order chi connectivity index (χ1) is 15.5. The minimum atomic E-state index is -0.0907. The number of pyridine rings is 1. The molecular formula is C25H27N5O2. The van der Waals surface area contributed by atoms with Gasteiger partial charge in [0, 0.05) is 42.6 Å². The molecule has 3 aromatic rings. The maximum atomic E-state index is 12.8. The van der Waals surface area contributed by atoms with Crippen molar-refractivity contribution < 1.29 is 9.59 Å². The van der Waals surface area contributed by atoms with Crippen molar-refractivity contribution in [3.8, 4) is 0 Å². The third-order valence-electron chi connectivity index (χ3n) is 6.62. The maximum Gasteiger partial charge on any atom is 0.246 e. The van der Waals surface area contributed by atoms with Crippen LogP contribution in [0.25, 0.3) is 17.0 Å². The van der Waals surface area contributed by atoms with Crippen molar-refractivity contribution in [3.05, 3.63) is 65.5 Å². The molecule has 1 saturated heterocycles. The summed E-state index contributed by atoms with van der Waals surface area (Å²) in [5.41, 5.74) is 3.89. The summed E-state index contributed by atoms with van der Waals surface area (Å²) in [5.74, 6) is 0.566. The average molecular weight is 430 g/mol. The Bertz CT molecular complexity index is 1180. The van der Waals surface area contributed by atoms with Crippen LogP contribution >= 0.6 is 0 Å². The lowest BCUT2D eigenvalue weighted by Crippen LogP contribution is -2.36. The van der Waals surface area contributed by atoms with Crippen molar-refractivity contribution in [2.24, 2.45) is 0 Å². The summed E-state index contributed by atoms with van der Waals surface area (Å²) in [5, 5.41) is 4.09. The van der Waals surface area contributed by atoms with Crippen LogP contribution in [-0.4, -0.2) is 51.2 Å². The predicted molar refractivity (Wildman–Crippen MR) is 125 cm³/mol. The van der Waals surface area contributed by atoms with Gasteiger partial charge in [0.25, 0.3) is 0 Å². The molecule has 0 radical (unpaired) electrons. The molecule has 2 N–H and O–H groups in total. The Morgan fingerprint density at radius 2 is 2.16 bits per heavy atom. The Morgan fingerprint density at radius 1 is 1.31 bits per heavy atom. The molecule has 2 atom stereocenters. The van der Waals surface area contributed by atoms with E-state index in [-0.39, 0.29) is 23.9 Å². The van der Waals surface area contributed by atoms with Crippen LogP contribution in [-0.2, 0) is 16.1 Å². The Labute approximate surface area is 187 Å². The van der Waals surface area contributed by atoms with Crippen molar-refractivity contribution >= 4 is 34.6 Å². The van der Waals surface area contributed by atoms with E-state index in [1.807, 2.05) is 31.2 Å². The summed E-state index contributed by atoms with van der Waals surface area (Å²) >= 11 is 0. The molecule has 2 amide bonds. The SMILES string of the molecule is CC(c1cc2ccccc2[nH]1)N(C)C(=O)/C=C/c1cnc2c(c1)CN1CCC[C@@H]1C(=O)N2. The number of nitrogens with zero attached hydrogens (tertiary/aromatic N) is 3. The summed E-state index contributed by atoms with van der Waals surface area (Å²) < 4.78 is 0. The molecule has 2 aliphatic heterocycles. The number of likely N-dealkylation sites (N-methyl/N-ethyl adjacent to an activating group) is 1. The Balaban J connectivity index is 1.30. The van der Waals surface area contributed by atoms with Crippen LogP contribution in [0.3, 0.4) is 0 Å². The van der Waals surface area contributed by atoms with Gasteiger partial charge in [-0.3, -0.25) is 14.5 Å². The zero-order chi connectivity index (χ0) is 22.2. The molecule has 4 heterocycles. The fraction of sp³-hybridized carbons (Fsp3) is 0.320. The van der Waals surface area contributed by atoms with Crippen LogP contribution in [0.1, 0.15) is 42.6 Å². The summed E-state index contributed by atoms with van der Waals surface area (Å²) in [6.45, 7) is 3.63. The van der Waals surface area contributed by atoms with Crippen molar-refractivity contribution in [1.29, 1.82) is 0 Å². The highest BCUT2D eigenvalue weighted by molar-refractivity contribution is 5.96. The first-order valence-corrected chi connectivity index (χ1v) is 11.1. The highest BCUT2D eigenvalue weighted by Gasteiger charge is 2.34. The first kappa shape index (κ1) is 20.5. The zero-order valence-electron chi connectivity index (χ0n) is 18.3. The number of carbonyl (C=O) groups is 2. The number of nitrogens with one attached hydrogen (secondary N) is 2. The lowest BCUT2D eigenvalue weighted by molar-refractivity contribution is -0.126. The summed E-state index contributed by atoms with van der Waals surface area (Å²) in [7, 11) is 1.81. The standard InChI is InChI=1S/C25H27N5O2/c1-16(21-13-18-6-3-4-7-20(18)27-21)29(2)23(31)10-9-17-12-19-15-30-11-5-8-22(30)25(32)28-24(19)26-14-17/h3-4,6-7,9-10,12-14,16,22,27H,5,8,11,15H2,1-2H3,(H,26,28,32)/b10-9+/t16?,22-/m1/s1. The van der Waals surface area contributed by atoms with Gasteiger partial charge >= 0.3 is 0 Å². The van der Waals surface area contributed by atoms with E-state index >= 15 is 0 Å². The van der Waals surface area contributed by atoms with Gasteiger partial charge in [0.05, 0.1) is 12.1 Å². The molecule has 0 spiro atoms. The first-order valence-electron chi connectivity index (χ1n) is 11.1. The molecule has 1 unspecified atom stereocenters. The second kappa shape index (κ2) is 8.24. The van der Waals surface area contributed by atoms with Gasteiger partial charge in [-0.2, -0.15) is 0 Å². The number of aromatic nitrogens is 2. The van der Waals surface area contributed by atoms with Crippen LogP contribution in [0.15, 0.2) is 48.7 Å². The summed E-state index contributed by atoms with van der Waals surface area (Å²) in [6, 6.07) is 12.0. The molecule has 7 heteroatoms. The number of carbonyl (C=O) groups excluding carboxylic acids is 2. The van der Waals surface area contributed by atoms with E-state index in [0.717, 1.165) is 47.1 Å². The largest absolute Gasteiger partial charge is 0.357 e. The Morgan fingerprint density at radius 3 is 3.00 bits per heavy atom. The summed E-state index contributed by atoms with van der Waals surface area (Å²) in [4.78, 5) is 37.0. The fourth-order valence-electron chi connectivity index (χ4n) is 4.59. The maximum absolute atomic E-state index is 12.8. The predicted octanol–water partition coefficient (Wildman–Crippen LogP) is 3.71.